The van der Waals surface area contributed by atoms with Gasteiger partial charge >= 0.3 is 6.18 Å². The van der Waals surface area contributed by atoms with E-state index in [1.165, 1.54) is 19.2 Å². The van der Waals surface area contributed by atoms with Gasteiger partial charge in [-0.05, 0) is 29.8 Å². The third-order valence-electron chi connectivity index (χ3n) is 2.47. The molecule has 4 nitrogen and oxygen atoms in total. The molecule has 0 aliphatic heterocycles. The van der Waals surface area contributed by atoms with Crippen LogP contribution in [0.5, 0.6) is 11.6 Å². The summed E-state index contributed by atoms with van der Waals surface area (Å²) in [4.78, 5) is 11.3. The third-order valence-corrected chi connectivity index (χ3v) is 2.89. The summed E-state index contributed by atoms with van der Waals surface area (Å²) in [5.74, 6) is -0.261. The molecule has 0 aliphatic carbocycles. The van der Waals surface area contributed by atoms with E-state index in [0.717, 1.165) is 4.68 Å². The van der Waals surface area contributed by atoms with Gasteiger partial charge < -0.3 is 4.74 Å². The van der Waals surface area contributed by atoms with Gasteiger partial charge in [-0.3, -0.25) is 4.79 Å². The fourth-order valence-electron chi connectivity index (χ4n) is 1.64. The van der Waals surface area contributed by atoms with E-state index in [1.807, 2.05) is 0 Å². The van der Waals surface area contributed by atoms with Crippen molar-refractivity contribution in [2.75, 3.05) is 0 Å². The normalized spacial score (nSPS) is 11.5. The predicted octanol–water partition coefficient (Wildman–Crippen LogP) is 4.26. The van der Waals surface area contributed by atoms with Crippen molar-refractivity contribution in [3.63, 3.8) is 0 Å². The minimum Gasteiger partial charge on any atom is -0.438 e. The first kappa shape index (κ1) is 15.7. The Morgan fingerprint density at radius 1 is 1.38 bits per heavy atom. The predicted molar refractivity (Wildman–Crippen MR) is 69.9 cm³/mol. The molecule has 0 saturated heterocycles. The van der Waals surface area contributed by atoms with Crippen LogP contribution in [0.15, 0.2) is 24.3 Å². The number of halogens is 5. The molecule has 9 heteroatoms. The molecule has 112 valence electrons. The number of aromatic nitrogens is 2. The minimum atomic E-state index is -4.83. The molecule has 1 aromatic carbocycles. The van der Waals surface area contributed by atoms with Crippen molar-refractivity contribution in [1.82, 2.24) is 9.78 Å². The molecule has 0 fully saturated rings. The number of rotatable bonds is 3. The van der Waals surface area contributed by atoms with E-state index in [2.05, 4.69) is 5.10 Å². The maximum atomic E-state index is 12.8. The molecule has 0 N–H and O–H groups in total. The van der Waals surface area contributed by atoms with Crippen LogP contribution in [0.1, 0.15) is 16.1 Å². The molecule has 2 rings (SSSR count). The number of hydrogen-bond acceptors (Lipinski definition) is 3. The third kappa shape index (κ3) is 3.30. The first-order chi connectivity index (χ1) is 9.70. The second-order valence-corrected chi connectivity index (χ2v) is 4.76. The fraction of sp³-hybridized carbons (Fsp3) is 0.167. The zero-order valence-corrected chi connectivity index (χ0v) is 11.9. The van der Waals surface area contributed by atoms with Gasteiger partial charge in [0.1, 0.15) is 11.3 Å². The monoisotopic (exact) mass is 338 g/mol. The zero-order chi connectivity index (χ0) is 15.8. The van der Waals surface area contributed by atoms with E-state index in [1.54, 1.807) is 12.1 Å². The highest BCUT2D eigenvalue weighted by Crippen LogP contribution is 2.38. The topological polar surface area (TPSA) is 44.1 Å². The lowest BCUT2D eigenvalue weighted by Gasteiger charge is -2.07. The molecular formula is C12H7Cl2F3N2O2. The molecule has 0 unspecified atom stereocenters. The molecule has 1 aromatic heterocycles. The van der Waals surface area contributed by atoms with Crippen LogP contribution in [0.2, 0.25) is 5.02 Å². The van der Waals surface area contributed by atoms with Gasteiger partial charge in [-0.1, -0.05) is 17.7 Å². The van der Waals surface area contributed by atoms with Gasteiger partial charge in [-0.25, -0.2) is 4.68 Å². The number of carbonyl (C=O) groups is 1. The van der Waals surface area contributed by atoms with Crippen LogP contribution in [0.3, 0.4) is 0 Å². The van der Waals surface area contributed by atoms with E-state index < -0.39 is 28.6 Å². The number of aryl methyl sites for hydroxylation is 1. The fourth-order valence-corrected chi connectivity index (χ4v) is 1.99. The van der Waals surface area contributed by atoms with Crippen LogP contribution >= 0.6 is 23.2 Å². The zero-order valence-electron chi connectivity index (χ0n) is 10.4. The van der Waals surface area contributed by atoms with E-state index in [9.17, 15) is 18.0 Å². The second-order valence-electron chi connectivity index (χ2n) is 3.98. The lowest BCUT2D eigenvalue weighted by molar-refractivity contribution is -0.141. The van der Waals surface area contributed by atoms with Gasteiger partial charge in [0.25, 0.3) is 5.24 Å². The maximum absolute atomic E-state index is 12.8. The van der Waals surface area contributed by atoms with Crippen molar-refractivity contribution in [1.29, 1.82) is 0 Å². The van der Waals surface area contributed by atoms with Gasteiger partial charge in [-0.2, -0.15) is 18.3 Å². The molecule has 1 heterocycles. The quantitative estimate of drug-likeness (QED) is 0.785. The first-order valence-electron chi connectivity index (χ1n) is 5.47. The van der Waals surface area contributed by atoms with Gasteiger partial charge in [0, 0.05) is 12.1 Å². The van der Waals surface area contributed by atoms with Gasteiger partial charge in [0.05, 0.1) is 0 Å². The summed E-state index contributed by atoms with van der Waals surface area (Å²) >= 11 is 11.0. The molecule has 0 radical (unpaired) electrons. The second kappa shape index (κ2) is 5.57. The molecule has 0 bridgehead atoms. The molecule has 2 aromatic rings. The summed E-state index contributed by atoms with van der Waals surface area (Å²) in [7, 11) is 1.21. The minimum absolute atomic E-state index is 0.151. The molecule has 0 aliphatic rings. The van der Waals surface area contributed by atoms with Crippen LogP contribution in [0.4, 0.5) is 13.2 Å². The highest BCUT2D eigenvalue weighted by atomic mass is 35.5. The van der Waals surface area contributed by atoms with Gasteiger partial charge in [-0.15, -0.1) is 0 Å². The van der Waals surface area contributed by atoms with Crippen LogP contribution in [-0.2, 0) is 13.2 Å². The van der Waals surface area contributed by atoms with Crippen molar-refractivity contribution in [2.24, 2.45) is 7.05 Å². The van der Waals surface area contributed by atoms with E-state index in [-0.39, 0.29) is 5.75 Å². The Morgan fingerprint density at radius 3 is 2.57 bits per heavy atom. The highest BCUT2D eigenvalue weighted by Gasteiger charge is 2.41. The van der Waals surface area contributed by atoms with Crippen LogP contribution in [0, 0.1) is 0 Å². The largest absolute Gasteiger partial charge is 0.438 e. The van der Waals surface area contributed by atoms with Crippen molar-refractivity contribution in [3.8, 4) is 11.6 Å². The summed E-state index contributed by atoms with van der Waals surface area (Å²) in [6.07, 6.45) is -4.83. The summed E-state index contributed by atoms with van der Waals surface area (Å²) in [6.45, 7) is 0. The summed E-state index contributed by atoms with van der Waals surface area (Å²) < 4.78 is 44.6. The van der Waals surface area contributed by atoms with Crippen LogP contribution < -0.4 is 4.74 Å². The molecule has 21 heavy (non-hydrogen) atoms. The van der Waals surface area contributed by atoms with E-state index in [0.29, 0.717) is 5.02 Å². The van der Waals surface area contributed by atoms with E-state index in [4.69, 9.17) is 27.9 Å². The molecule has 0 atom stereocenters. The van der Waals surface area contributed by atoms with Gasteiger partial charge in [0.15, 0.2) is 5.69 Å². The first-order valence-corrected chi connectivity index (χ1v) is 6.23. The Morgan fingerprint density at radius 2 is 2.05 bits per heavy atom. The van der Waals surface area contributed by atoms with Crippen molar-refractivity contribution in [2.45, 2.75) is 6.18 Å². The van der Waals surface area contributed by atoms with Gasteiger partial charge in [0.2, 0.25) is 5.88 Å². The summed E-state index contributed by atoms with van der Waals surface area (Å²) in [5, 5.41) is 2.26. The molecule has 0 spiro atoms. The number of benzene rings is 1. The lowest BCUT2D eigenvalue weighted by Crippen LogP contribution is -2.10. The number of nitrogens with zero attached hydrogens (tertiary/aromatic N) is 2. The SMILES string of the molecule is Cn1nc(C(F)(F)F)c(C(=O)Cl)c1Oc1cccc(Cl)c1. The number of alkyl halides is 3. The molecule has 0 amide bonds. The summed E-state index contributed by atoms with van der Waals surface area (Å²) in [5.41, 5.74) is -2.24. The Labute approximate surface area is 127 Å². The molecular weight excluding hydrogens is 332 g/mol. The Kier molecular flexibility index (Phi) is 4.15. The smallest absolute Gasteiger partial charge is 0.436 e. The summed E-state index contributed by atoms with van der Waals surface area (Å²) in [6, 6.07) is 5.95. The average molecular weight is 339 g/mol. The number of hydrogen-bond donors (Lipinski definition) is 0. The molecule has 0 saturated carbocycles. The van der Waals surface area contributed by atoms with Crippen molar-refractivity contribution < 1.29 is 22.7 Å². The number of ether oxygens (including phenoxy) is 1. The Balaban J connectivity index is 2.53. The highest BCUT2D eigenvalue weighted by molar-refractivity contribution is 6.68. The Hall–Kier alpha value is -1.73. The Bertz CT molecular complexity index is 698. The average Bonchev–Trinajstić information content (AvgIpc) is 2.67. The van der Waals surface area contributed by atoms with Crippen molar-refractivity contribution in [3.05, 3.63) is 40.5 Å². The lowest BCUT2D eigenvalue weighted by atomic mass is 10.2. The van der Waals surface area contributed by atoms with Crippen LogP contribution in [0.25, 0.3) is 0 Å². The standard InChI is InChI=1S/C12H7Cl2F3N2O2/c1-19-11(21-7-4-2-3-6(13)5-7)8(10(14)20)9(18-19)12(15,16)17/h2-5H,1H3. The van der Waals surface area contributed by atoms with Crippen LogP contribution in [-0.4, -0.2) is 15.0 Å². The van der Waals surface area contributed by atoms with Crippen molar-refractivity contribution >= 4 is 28.4 Å². The number of carbonyl (C=O) groups excluding carboxylic acids is 1. The van der Waals surface area contributed by atoms with E-state index >= 15 is 0 Å². The maximum Gasteiger partial charge on any atom is 0.436 e.